The fourth-order valence-electron chi connectivity index (χ4n) is 2.97. The molecule has 0 aliphatic carbocycles. The first-order valence-corrected chi connectivity index (χ1v) is 7.84. The summed E-state index contributed by atoms with van der Waals surface area (Å²) < 4.78 is 0. The summed E-state index contributed by atoms with van der Waals surface area (Å²) in [4.78, 5) is 2.50. The summed E-state index contributed by atoms with van der Waals surface area (Å²) in [5, 5.41) is 12.4. The molecule has 0 bridgehead atoms. The molecular formula is C19H21N3. The van der Waals surface area contributed by atoms with Gasteiger partial charge in [0, 0.05) is 32.7 Å². The molecule has 0 saturated carbocycles. The summed E-state index contributed by atoms with van der Waals surface area (Å²) in [6.07, 6.45) is 1.15. The van der Waals surface area contributed by atoms with Gasteiger partial charge in [-0.2, -0.15) is 5.26 Å². The van der Waals surface area contributed by atoms with Crippen LogP contribution in [0.15, 0.2) is 48.5 Å². The summed E-state index contributed by atoms with van der Waals surface area (Å²) in [7, 11) is 0. The summed E-state index contributed by atoms with van der Waals surface area (Å²) in [5.41, 5.74) is 4.87. The van der Waals surface area contributed by atoms with Gasteiger partial charge in [-0.25, -0.2) is 0 Å². The maximum Gasteiger partial charge on any atom is 0.0991 e. The quantitative estimate of drug-likeness (QED) is 0.861. The maximum atomic E-state index is 8.91. The molecule has 0 saturated heterocycles. The van der Waals surface area contributed by atoms with Crippen LogP contribution in [0.2, 0.25) is 0 Å². The van der Waals surface area contributed by atoms with Crippen molar-refractivity contribution in [3.63, 3.8) is 0 Å². The van der Waals surface area contributed by atoms with E-state index in [0.29, 0.717) is 0 Å². The van der Waals surface area contributed by atoms with Gasteiger partial charge in [-0.1, -0.05) is 36.4 Å². The van der Waals surface area contributed by atoms with Crippen molar-refractivity contribution in [3.8, 4) is 6.07 Å². The molecule has 0 radical (unpaired) electrons. The van der Waals surface area contributed by atoms with Gasteiger partial charge in [0.05, 0.1) is 11.6 Å². The molecule has 0 fully saturated rings. The second-order valence-electron chi connectivity index (χ2n) is 5.78. The van der Waals surface area contributed by atoms with Gasteiger partial charge in [0.15, 0.2) is 0 Å². The first kappa shape index (κ1) is 14.8. The monoisotopic (exact) mass is 291 g/mol. The van der Waals surface area contributed by atoms with Gasteiger partial charge in [0.2, 0.25) is 0 Å². The third kappa shape index (κ3) is 3.73. The highest BCUT2D eigenvalue weighted by Crippen LogP contribution is 2.17. The Bertz CT molecular complexity index is 672. The lowest BCUT2D eigenvalue weighted by atomic mass is 10.00. The van der Waals surface area contributed by atoms with Crippen LogP contribution >= 0.6 is 0 Å². The van der Waals surface area contributed by atoms with E-state index in [4.69, 9.17) is 5.26 Å². The molecule has 0 aromatic heterocycles. The van der Waals surface area contributed by atoms with E-state index in [-0.39, 0.29) is 0 Å². The van der Waals surface area contributed by atoms with Crippen LogP contribution in [0.4, 0.5) is 0 Å². The van der Waals surface area contributed by atoms with E-state index in [1.54, 1.807) is 0 Å². The SMILES string of the molecule is N#Cc1cccc(CNCCN2CCc3ccccc3C2)c1. The molecular weight excluding hydrogens is 270 g/mol. The van der Waals surface area contributed by atoms with Crippen molar-refractivity contribution in [2.24, 2.45) is 0 Å². The minimum Gasteiger partial charge on any atom is -0.311 e. The molecule has 1 N–H and O–H groups in total. The average molecular weight is 291 g/mol. The van der Waals surface area contributed by atoms with Crippen LogP contribution in [0.25, 0.3) is 0 Å². The molecule has 0 atom stereocenters. The molecule has 2 aromatic rings. The van der Waals surface area contributed by atoms with Gasteiger partial charge >= 0.3 is 0 Å². The van der Waals surface area contributed by atoms with E-state index in [0.717, 1.165) is 44.7 Å². The summed E-state index contributed by atoms with van der Waals surface area (Å²) in [5.74, 6) is 0. The van der Waals surface area contributed by atoms with Crippen molar-refractivity contribution in [2.45, 2.75) is 19.5 Å². The van der Waals surface area contributed by atoms with Gasteiger partial charge in [-0.05, 0) is 35.2 Å². The van der Waals surface area contributed by atoms with Crippen LogP contribution in [0.1, 0.15) is 22.3 Å². The first-order valence-electron chi connectivity index (χ1n) is 7.84. The highest BCUT2D eigenvalue weighted by molar-refractivity contribution is 5.32. The molecule has 22 heavy (non-hydrogen) atoms. The summed E-state index contributed by atoms with van der Waals surface area (Å²) >= 11 is 0. The third-order valence-electron chi connectivity index (χ3n) is 4.20. The Balaban J connectivity index is 1.43. The predicted molar refractivity (Wildman–Crippen MR) is 88.3 cm³/mol. The highest BCUT2D eigenvalue weighted by atomic mass is 15.1. The van der Waals surface area contributed by atoms with Crippen molar-refractivity contribution >= 4 is 0 Å². The molecule has 3 heteroatoms. The Morgan fingerprint density at radius 3 is 2.82 bits per heavy atom. The number of nitrogens with one attached hydrogen (secondary N) is 1. The van der Waals surface area contributed by atoms with Crippen molar-refractivity contribution in [3.05, 3.63) is 70.8 Å². The Morgan fingerprint density at radius 1 is 1.09 bits per heavy atom. The lowest BCUT2D eigenvalue weighted by molar-refractivity contribution is 0.254. The van der Waals surface area contributed by atoms with Gasteiger partial charge in [0.1, 0.15) is 0 Å². The van der Waals surface area contributed by atoms with E-state index in [1.165, 1.54) is 16.7 Å². The molecule has 3 nitrogen and oxygen atoms in total. The standard InChI is InChI=1S/C19H21N3/c20-13-16-4-3-5-17(12-16)14-21-9-11-22-10-8-18-6-1-2-7-19(18)15-22/h1-7,12,21H,8-11,14-15H2. The van der Waals surface area contributed by atoms with E-state index in [9.17, 15) is 0 Å². The number of rotatable bonds is 5. The fourth-order valence-corrected chi connectivity index (χ4v) is 2.97. The van der Waals surface area contributed by atoms with Crippen LogP contribution < -0.4 is 5.32 Å². The smallest absolute Gasteiger partial charge is 0.0991 e. The van der Waals surface area contributed by atoms with Crippen molar-refractivity contribution in [1.29, 1.82) is 5.26 Å². The fraction of sp³-hybridized carbons (Fsp3) is 0.316. The Labute approximate surface area is 132 Å². The van der Waals surface area contributed by atoms with E-state index < -0.39 is 0 Å². The van der Waals surface area contributed by atoms with E-state index >= 15 is 0 Å². The Kier molecular flexibility index (Phi) is 4.85. The van der Waals surface area contributed by atoms with Crippen LogP contribution in [-0.4, -0.2) is 24.5 Å². The predicted octanol–water partition coefficient (Wildman–Crippen LogP) is 2.71. The van der Waals surface area contributed by atoms with Gasteiger partial charge in [0.25, 0.3) is 0 Å². The zero-order valence-electron chi connectivity index (χ0n) is 12.8. The zero-order chi connectivity index (χ0) is 15.2. The van der Waals surface area contributed by atoms with Crippen LogP contribution in [0, 0.1) is 11.3 Å². The molecule has 3 rings (SSSR count). The largest absolute Gasteiger partial charge is 0.311 e. The van der Waals surface area contributed by atoms with E-state index in [2.05, 4.69) is 46.6 Å². The van der Waals surface area contributed by atoms with Crippen LogP contribution in [-0.2, 0) is 19.5 Å². The Morgan fingerprint density at radius 2 is 1.95 bits per heavy atom. The minimum atomic E-state index is 0.729. The number of hydrogen-bond acceptors (Lipinski definition) is 3. The van der Waals surface area contributed by atoms with Crippen LogP contribution in [0.3, 0.4) is 0 Å². The lowest BCUT2D eigenvalue weighted by Gasteiger charge is -2.28. The second-order valence-corrected chi connectivity index (χ2v) is 5.78. The number of fused-ring (bicyclic) bond motifs is 1. The molecule has 2 aromatic carbocycles. The zero-order valence-corrected chi connectivity index (χ0v) is 12.8. The molecule has 1 aliphatic heterocycles. The van der Waals surface area contributed by atoms with E-state index in [1.807, 2.05) is 18.2 Å². The second kappa shape index (κ2) is 7.22. The molecule has 0 spiro atoms. The maximum absolute atomic E-state index is 8.91. The molecule has 0 amide bonds. The number of nitrogens with zero attached hydrogens (tertiary/aromatic N) is 2. The molecule has 0 unspecified atom stereocenters. The van der Waals surface area contributed by atoms with Crippen molar-refractivity contribution in [2.75, 3.05) is 19.6 Å². The van der Waals surface area contributed by atoms with Gasteiger partial charge < -0.3 is 5.32 Å². The number of nitriles is 1. The highest BCUT2D eigenvalue weighted by Gasteiger charge is 2.14. The average Bonchev–Trinajstić information content (AvgIpc) is 2.59. The van der Waals surface area contributed by atoms with Crippen LogP contribution in [0.5, 0.6) is 0 Å². The number of benzene rings is 2. The first-order chi connectivity index (χ1) is 10.8. The molecule has 112 valence electrons. The van der Waals surface area contributed by atoms with Gasteiger partial charge in [-0.15, -0.1) is 0 Å². The van der Waals surface area contributed by atoms with Crippen molar-refractivity contribution in [1.82, 2.24) is 10.2 Å². The minimum absolute atomic E-state index is 0.729. The third-order valence-corrected chi connectivity index (χ3v) is 4.20. The normalized spacial score (nSPS) is 14.3. The van der Waals surface area contributed by atoms with Crippen molar-refractivity contribution < 1.29 is 0 Å². The Hall–Kier alpha value is -2.15. The van der Waals surface area contributed by atoms with Gasteiger partial charge in [-0.3, -0.25) is 4.90 Å². The topological polar surface area (TPSA) is 39.1 Å². The molecule has 1 heterocycles. The lowest BCUT2D eigenvalue weighted by Crippen LogP contribution is -2.35. The number of hydrogen-bond donors (Lipinski definition) is 1. The molecule has 1 aliphatic rings. The summed E-state index contributed by atoms with van der Waals surface area (Å²) in [6.45, 7) is 5.05. The summed E-state index contributed by atoms with van der Waals surface area (Å²) in [6, 6.07) is 18.7.